The number of ether oxygens (including phenoxy) is 2. The van der Waals surface area contributed by atoms with Gasteiger partial charge in [0.05, 0.1) is 25.0 Å². The molecule has 0 bridgehead atoms. The summed E-state index contributed by atoms with van der Waals surface area (Å²) in [5.41, 5.74) is 0.931. The lowest BCUT2D eigenvalue weighted by atomic mass is 10.2. The van der Waals surface area contributed by atoms with Crippen molar-refractivity contribution >= 4 is 27.6 Å². The van der Waals surface area contributed by atoms with Gasteiger partial charge < -0.3 is 19.8 Å². The molecule has 1 aliphatic rings. The van der Waals surface area contributed by atoms with E-state index in [1.54, 1.807) is 25.4 Å². The third-order valence-electron chi connectivity index (χ3n) is 4.77. The van der Waals surface area contributed by atoms with E-state index in [1.165, 1.54) is 39.6 Å². The van der Waals surface area contributed by atoms with Gasteiger partial charge in [-0.05, 0) is 30.3 Å². The fraction of sp³-hybridized carbons (Fsp3) is 0.250. The standard InChI is InChI=1S/C20H21N5O6S/c1-24-13-14(11-22-24)19(26)23-15-2-4-16(5-3-15)31-20(27)18-10-17(12-21-18)32(28,29)25-6-8-30-9-7-25/h2-5,10-13,21H,6-9H2,1H3,(H,23,26). The van der Waals surface area contributed by atoms with Crippen molar-refractivity contribution in [1.29, 1.82) is 0 Å². The molecule has 1 amide bonds. The number of aromatic nitrogens is 3. The number of benzene rings is 1. The van der Waals surface area contributed by atoms with Crippen molar-refractivity contribution in [3.05, 3.63) is 60.2 Å². The Balaban J connectivity index is 1.38. The summed E-state index contributed by atoms with van der Waals surface area (Å²) in [6, 6.07) is 7.45. The first kappa shape index (κ1) is 21.7. The molecule has 0 atom stereocenters. The van der Waals surface area contributed by atoms with Crippen LogP contribution < -0.4 is 10.1 Å². The molecular formula is C20H21N5O6S. The molecule has 3 heterocycles. The van der Waals surface area contributed by atoms with Crippen LogP contribution in [0, 0.1) is 0 Å². The average Bonchev–Trinajstić information content (AvgIpc) is 3.46. The molecule has 1 saturated heterocycles. The van der Waals surface area contributed by atoms with Crippen LogP contribution in [0.25, 0.3) is 0 Å². The predicted molar refractivity (Wildman–Crippen MR) is 113 cm³/mol. The third-order valence-corrected chi connectivity index (χ3v) is 6.65. The normalized spacial score (nSPS) is 14.8. The monoisotopic (exact) mass is 459 g/mol. The van der Waals surface area contributed by atoms with Gasteiger partial charge in [-0.25, -0.2) is 13.2 Å². The topological polar surface area (TPSA) is 136 Å². The Labute approximate surface area is 184 Å². The van der Waals surface area contributed by atoms with Crippen molar-refractivity contribution < 1.29 is 27.5 Å². The molecule has 2 N–H and O–H groups in total. The summed E-state index contributed by atoms with van der Waals surface area (Å²) < 4.78 is 38.6. The molecule has 1 fully saturated rings. The summed E-state index contributed by atoms with van der Waals surface area (Å²) >= 11 is 0. The fourth-order valence-corrected chi connectivity index (χ4v) is 4.49. The van der Waals surface area contributed by atoms with Gasteiger partial charge in [-0.2, -0.15) is 9.40 Å². The van der Waals surface area contributed by atoms with E-state index in [-0.39, 0.29) is 35.3 Å². The van der Waals surface area contributed by atoms with Gasteiger partial charge in [-0.3, -0.25) is 9.48 Å². The zero-order valence-electron chi connectivity index (χ0n) is 17.1. The highest BCUT2D eigenvalue weighted by Crippen LogP contribution is 2.21. The van der Waals surface area contributed by atoms with Crippen molar-refractivity contribution in [3.8, 4) is 5.75 Å². The summed E-state index contributed by atoms with van der Waals surface area (Å²) in [7, 11) is -2.00. The zero-order valence-corrected chi connectivity index (χ0v) is 18.0. The number of aryl methyl sites for hydroxylation is 1. The molecule has 0 unspecified atom stereocenters. The number of nitrogens with zero attached hydrogens (tertiary/aromatic N) is 3. The lowest BCUT2D eigenvalue weighted by Crippen LogP contribution is -2.40. The average molecular weight is 459 g/mol. The number of anilines is 1. The van der Waals surface area contributed by atoms with E-state index in [1.807, 2.05) is 0 Å². The van der Waals surface area contributed by atoms with Crippen LogP contribution in [0.4, 0.5) is 5.69 Å². The summed E-state index contributed by atoms with van der Waals surface area (Å²) in [5.74, 6) is -0.814. The molecule has 12 heteroatoms. The van der Waals surface area contributed by atoms with E-state index >= 15 is 0 Å². The van der Waals surface area contributed by atoms with E-state index in [2.05, 4.69) is 15.4 Å². The van der Waals surface area contributed by atoms with Crippen LogP contribution in [0.1, 0.15) is 20.8 Å². The first-order chi connectivity index (χ1) is 15.3. The summed E-state index contributed by atoms with van der Waals surface area (Å²) in [6.07, 6.45) is 4.31. The number of amides is 1. The van der Waals surface area contributed by atoms with Gasteiger partial charge in [0.2, 0.25) is 10.0 Å². The first-order valence-corrected chi connectivity index (χ1v) is 11.2. The van der Waals surface area contributed by atoms with Crippen molar-refractivity contribution in [1.82, 2.24) is 19.1 Å². The number of esters is 1. The molecule has 2 aromatic heterocycles. The molecule has 32 heavy (non-hydrogen) atoms. The number of sulfonamides is 1. The van der Waals surface area contributed by atoms with Crippen LogP contribution in [0.2, 0.25) is 0 Å². The number of hydrogen-bond donors (Lipinski definition) is 2. The van der Waals surface area contributed by atoms with Crippen LogP contribution in [0.15, 0.2) is 53.8 Å². The largest absolute Gasteiger partial charge is 0.422 e. The zero-order chi connectivity index (χ0) is 22.7. The van der Waals surface area contributed by atoms with Crippen LogP contribution in [-0.2, 0) is 21.8 Å². The fourth-order valence-electron chi connectivity index (χ4n) is 3.09. The number of nitrogens with one attached hydrogen (secondary N) is 2. The second-order valence-electron chi connectivity index (χ2n) is 7.04. The van der Waals surface area contributed by atoms with Crippen molar-refractivity contribution in [2.24, 2.45) is 7.05 Å². The number of carbonyl (C=O) groups is 2. The maximum absolute atomic E-state index is 12.7. The lowest BCUT2D eigenvalue weighted by Gasteiger charge is -2.25. The van der Waals surface area contributed by atoms with E-state index in [0.717, 1.165) is 0 Å². The van der Waals surface area contributed by atoms with E-state index in [4.69, 9.17) is 9.47 Å². The lowest BCUT2D eigenvalue weighted by molar-refractivity contribution is 0.0726. The third kappa shape index (κ3) is 4.72. The van der Waals surface area contributed by atoms with Crippen molar-refractivity contribution in [2.75, 3.05) is 31.6 Å². The minimum absolute atomic E-state index is 0.00536. The minimum atomic E-state index is -3.72. The van der Waals surface area contributed by atoms with E-state index < -0.39 is 16.0 Å². The molecular weight excluding hydrogens is 438 g/mol. The molecule has 0 radical (unpaired) electrons. The van der Waals surface area contributed by atoms with Crippen molar-refractivity contribution in [2.45, 2.75) is 4.90 Å². The quantitative estimate of drug-likeness (QED) is 0.418. The molecule has 1 aromatic carbocycles. The molecule has 168 valence electrons. The minimum Gasteiger partial charge on any atom is -0.422 e. The Morgan fingerprint density at radius 2 is 1.91 bits per heavy atom. The highest BCUT2D eigenvalue weighted by molar-refractivity contribution is 7.89. The smallest absolute Gasteiger partial charge is 0.360 e. The Morgan fingerprint density at radius 1 is 1.19 bits per heavy atom. The molecule has 0 spiro atoms. The second-order valence-corrected chi connectivity index (χ2v) is 8.97. The summed E-state index contributed by atoms with van der Waals surface area (Å²) in [4.78, 5) is 27.2. The number of carbonyl (C=O) groups excluding carboxylic acids is 2. The van der Waals surface area contributed by atoms with Gasteiger partial charge in [0, 0.05) is 38.2 Å². The maximum atomic E-state index is 12.7. The molecule has 11 nitrogen and oxygen atoms in total. The van der Waals surface area contributed by atoms with E-state index in [0.29, 0.717) is 24.5 Å². The Morgan fingerprint density at radius 3 is 2.56 bits per heavy atom. The molecule has 1 aliphatic heterocycles. The number of rotatable bonds is 6. The molecule has 4 rings (SSSR count). The molecule has 3 aromatic rings. The van der Waals surface area contributed by atoms with Gasteiger partial charge in [-0.1, -0.05) is 0 Å². The van der Waals surface area contributed by atoms with Gasteiger partial charge >= 0.3 is 5.97 Å². The highest BCUT2D eigenvalue weighted by Gasteiger charge is 2.28. The Kier molecular flexibility index (Phi) is 6.08. The van der Waals surface area contributed by atoms with Gasteiger partial charge in [0.25, 0.3) is 5.91 Å². The van der Waals surface area contributed by atoms with Crippen LogP contribution in [-0.4, -0.2) is 65.7 Å². The van der Waals surface area contributed by atoms with E-state index in [9.17, 15) is 18.0 Å². The number of aromatic amines is 1. The maximum Gasteiger partial charge on any atom is 0.360 e. The second kappa shape index (κ2) is 8.94. The first-order valence-electron chi connectivity index (χ1n) is 9.71. The highest BCUT2D eigenvalue weighted by atomic mass is 32.2. The van der Waals surface area contributed by atoms with Crippen LogP contribution >= 0.6 is 0 Å². The molecule has 0 aliphatic carbocycles. The van der Waals surface area contributed by atoms with Crippen LogP contribution in [0.3, 0.4) is 0 Å². The van der Waals surface area contributed by atoms with Crippen molar-refractivity contribution in [3.63, 3.8) is 0 Å². The number of morpholine rings is 1. The summed E-state index contributed by atoms with van der Waals surface area (Å²) in [6.45, 7) is 1.18. The van der Waals surface area contributed by atoms with Gasteiger partial charge in [0.1, 0.15) is 16.3 Å². The van der Waals surface area contributed by atoms with Gasteiger partial charge in [-0.15, -0.1) is 0 Å². The summed E-state index contributed by atoms with van der Waals surface area (Å²) in [5, 5.41) is 6.66. The SMILES string of the molecule is Cn1cc(C(=O)Nc2ccc(OC(=O)c3cc(S(=O)(=O)N4CCOCC4)c[nH]3)cc2)cn1. The molecule has 0 saturated carbocycles. The van der Waals surface area contributed by atoms with Crippen LogP contribution in [0.5, 0.6) is 5.75 Å². The Bertz CT molecular complexity index is 1230. The Hall–Kier alpha value is -3.48. The van der Waals surface area contributed by atoms with Gasteiger partial charge in [0.15, 0.2) is 0 Å². The number of hydrogen-bond acceptors (Lipinski definition) is 7. The predicted octanol–water partition coefficient (Wildman–Crippen LogP) is 1.24. The number of H-pyrrole nitrogens is 1.